The summed E-state index contributed by atoms with van der Waals surface area (Å²) >= 11 is 0. The van der Waals surface area contributed by atoms with Gasteiger partial charge in [0.05, 0.1) is 11.7 Å². The van der Waals surface area contributed by atoms with Gasteiger partial charge in [-0.05, 0) is 37.0 Å². The number of hydrogen-bond donors (Lipinski definition) is 2. The fourth-order valence-corrected chi connectivity index (χ4v) is 5.16. The molecule has 148 valence electrons. The van der Waals surface area contributed by atoms with Crippen molar-refractivity contribution in [2.24, 2.45) is 17.3 Å². The number of benzene rings is 1. The van der Waals surface area contributed by atoms with Crippen LogP contribution in [0.5, 0.6) is 5.75 Å². The number of ether oxygens (including phenoxy) is 1. The number of phenolic OH excluding ortho intramolecular Hbond substituents is 1. The second-order valence-electron chi connectivity index (χ2n) is 9.64. The normalized spacial score (nSPS) is 32.6. The molecule has 1 spiro atoms. The monoisotopic (exact) mass is 372 g/mol. The maximum atomic E-state index is 12.3. The highest BCUT2D eigenvalue weighted by Gasteiger charge is 2.62. The summed E-state index contributed by atoms with van der Waals surface area (Å²) in [4.78, 5) is 14.8. The number of carbonyl (C=O) groups is 1. The molecule has 0 radical (unpaired) electrons. The number of fused-ring (bicyclic) bond motifs is 1. The molecule has 3 heterocycles. The highest BCUT2D eigenvalue weighted by atomic mass is 16.5. The van der Waals surface area contributed by atoms with Crippen LogP contribution in [0.3, 0.4) is 0 Å². The van der Waals surface area contributed by atoms with Crippen molar-refractivity contribution in [3.05, 3.63) is 29.8 Å². The highest BCUT2D eigenvalue weighted by molar-refractivity contribution is 5.81. The van der Waals surface area contributed by atoms with Crippen LogP contribution in [-0.4, -0.2) is 53.8 Å². The summed E-state index contributed by atoms with van der Waals surface area (Å²) < 4.78 is 6.49. The third kappa shape index (κ3) is 3.59. The molecule has 2 N–H and O–H groups in total. The smallest absolute Gasteiger partial charge is 0.225 e. The van der Waals surface area contributed by atoms with E-state index in [-0.39, 0.29) is 16.9 Å². The van der Waals surface area contributed by atoms with Gasteiger partial charge in [-0.25, -0.2) is 0 Å². The minimum Gasteiger partial charge on any atom is -0.508 e. The van der Waals surface area contributed by atoms with Crippen LogP contribution in [0.15, 0.2) is 24.3 Å². The lowest BCUT2D eigenvalue weighted by Gasteiger charge is -2.30. The van der Waals surface area contributed by atoms with Crippen molar-refractivity contribution in [2.45, 2.75) is 51.7 Å². The van der Waals surface area contributed by atoms with E-state index in [1.54, 1.807) is 12.1 Å². The lowest BCUT2D eigenvalue weighted by molar-refractivity contribution is -0.128. The molecule has 3 aliphatic heterocycles. The molecular weight excluding hydrogens is 340 g/mol. The average Bonchev–Trinajstić information content (AvgIpc) is 3.26. The Morgan fingerprint density at radius 3 is 2.78 bits per heavy atom. The van der Waals surface area contributed by atoms with Gasteiger partial charge in [0, 0.05) is 43.4 Å². The van der Waals surface area contributed by atoms with Gasteiger partial charge in [0.25, 0.3) is 0 Å². The molecule has 1 aromatic rings. The number of likely N-dealkylation sites (tertiary alicyclic amines) is 1. The quantitative estimate of drug-likeness (QED) is 0.834. The van der Waals surface area contributed by atoms with Crippen LogP contribution in [0.1, 0.15) is 39.2 Å². The molecule has 1 aromatic carbocycles. The predicted molar refractivity (Wildman–Crippen MR) is 105 cm³/mol. The van der Waals surface area contributed by atoms with Gasteiger partial charge < -0.3 is 15.2 Å². The molecule has 0 saturated carbocycles. The first-order valence-electron chi connectivity index (χ1n) is 10.2. The van der Waals surface area contributed by atoms with Crippen LogP contribution >= 0.6 is 0 Å². The lowest BCUT2D eigenvalue weighted by Crippen LogP contribution is -2.44. The molecule has 5 nitrogen and oxygen atoms in total. The zero-order valence-electron chi connectivity index (χ0n) is 16.7. The van der Waals surface area contributed by atoms with Crippen LogP contribution in [0, 0.1) is 17.3 Å². The molecule has 1 amide bonds. The van der Waals surface area contributed by atoms with E-state index in [4.69, 9.17) is 4.74 Å². The van der Waals surface area contributed by atoms with E-state index in [1.807, 2.05) is 32.9 Å². The van der Waals surface area contributed by atoms with Gasteiger partial charge in [-0.15, -0.1) is 0 Å². The van der Waals surface area contributed by atoms with E-state index in [0.29, 0.717) is 23.7 Å². The van der Waals surface area contributed by atoms with E-state index in [1.165, 1.54) is 5.56 Å². The van der Waals surface area contributed by atoms with Gasteiger partial charge in [-0.3, -0.25) is 9.69 Å². The van der Waals surface area contributed by atoms with Crippen LogP contribution < -0.4 is 5.32 Å². The molecule has 2 bridgehead atoms. The van der Waals surface area contributed by atoms with Gasteiger partial charge in [0.1, 0.15) is 5.75 Å². The Bertz CT molecular complexity index is 697. The van der Waals surface area contributed by atoms with Gasteiger partial charge in [-0.2, -0.15) is 0 Å². The second-order valence-corrected chi connectivity index (χ2v) is 9.64. The molecular formula is C22H32N2O3. The fraction of sp³-hybridized carbons (Fsp3) is 0.682. The fourth-order valence-electron chi connectivity index (χ4n) is 5.16. The summed E-state index contributed by atoms with van der Waals surface area (Å²) in [5, 5.41) is 12.6. The van der Waals surface area contributed by atoms with Crippen molar-refractivity contribution >= 4 is 5.91 Å². The Labute approximate surface area is 162 Å². The molecule has 27 heavy (non-hydrogen) atoms. The minimum absolute atomic E-state index is 0.0107. The van der Waals surface area contributed by atoms with Crippen LogP contribution in [0.4, 0.5) is 0 Å². The first kappa shape index (κ1) is 18.8. The summed E-state index contributed by atoms with van der Waals surface area (Å²) in [7, 11) is 0. The van der Waals surface area contributed by atoms with Crippen molar-refractivity contribution in [2.75, 3.05) is 26.2 Å². The number of nitrogens with one attached hydrogen (secondary N) is 1. The summed E-state index contributed by atoms with van der Waals surface area (Å²) in [6, 6.07) is 7.51. The summed E-state index contributed by atoms with van der Waals surface area (Å²) in [6.07, 6.45) is 3.58. The summed E-state index contributed by atoms with van der Waals surface area (Å²) in [6.45, 7) is 9.70. The molecule has 5 heteroatoms. The Morgan fingerprint density at radius 2 is 2.07 bits per heavy atom. The molecule has 4 atom stereocenters. The SMILES string of the molecule is CC(C)(C)C(=O)NC[C@H]1[C@H]2CN(CCc3ccc(O)cc3)C[C@]23CC[C@H]1O3. The maximum absolute atomic E-state index is 12.3. The molecule has 3 saturated heterocycles. The van der Waals surface area contributed by atoms with E-state index < -0.39 is 0 Å². The Balaban J connectivity index is 1.35. The average molecular weight is 373 g/mol. The van der Waals surface area contributed by atoms with Gasteiger partial charge in [-0.1, -0.05) is 32.9 Å². The number of aromatic hydroxyl groups is 1. The highest BCUT2D eigenvalue weighted by Crippen LogP contribution is 2.54. The summed E-state index contributed by atoms with van der Waals surface area (Å²) in [5.41, 5.74) is 0.917. The Kier molecular flexibility index (Phi) is 4.71. The number of hydrogen-bond acceptors (Lipinski definition) is 4. The van der Waals surface area contributed by atoms with Crippen LogP contribution in [0.2, 0.25) is 0 Å². The first-order valence-corrected chi connectivity index (χ1v) is 10.2. The van der Waals surface area contributed by atoms with E-state index in [9.17, 15) is 9.90 Å². The van der Waals surface area contributed by atoms with Crippen molar-refractivity contribution in [1.82, 2.24) is 10.2 Å². The van der Waals surface area contributed by atoms with Crippen LogP contribution in [-0.2, 0) is 16.0 Å². The van der Waals surface area contributed by atoms with E-state index in [0.717, 1.165) is 45.4 Å². The number of carbonyl (C=O) groups excluding carboxylic acids is 1. The zero-order valence-corrected chi connectivity index (χ0v) is 16.7. The number of amides is 1. The standard InChI is InChI=1S/C22H32N2O3/c1-21(2,3)20(26)23-12-17-18-13-24(14-22(18)10-8-19(17)27-22)11-9-15-4-6-16(25)7-5-15/h4-7,17-19,25H,8-14H2,1-3H3,(H,23,26)/t17-,18+,19+,22+/m0/s1. The number of phenols is 1. The van der Waals surface area contributed by atoms with Crippen molar-refractivity contribution in [3.63, 3.8) is 0 Å². The molecule has 4 rings (SSSR count). The minimum atomic E-state index is -0.345. The van der Waals surface area contributed by atoms with Gasteiger partial charge in [0.2, 0.25) is 5.91 Å². The first-order chi connectivity index (χ1) is 12.8. The van der Waals surface area contributed by atoms with Gasteiger partial charge >= 0.3 is 0 Å². The van der Waals surface area contributed by atoms with E-state index in [2.05, 4.69) is 10.2 Å². The molecule has 0 aliphatic carbocycles. The third-order valence-electron chi connectivity index (χ3n) is 6.69. The molecule has 0 unspecified atom stereocenters. The number of nitrogens with zero attached hydrogens (tertiary/aromatic N) is 1. The molecule has 3 fully saturated rings. The van der Waals surface area contributed by atoms with Gasteiger partial charge in [0.15, 0.2) is 0 Å². The van der Waals surface area contributed by atoms with Crippen molar-refractivity contribution in [1.29, 1.82) is 0 Å². The van der Waals surface area contributed by atoms with E-state index >= 15 is 0 Å². The largest absolute Gasteiger partial charge is 0.508 e. The topological polar surface area (TPSA) is 61.8 Å². The number of rotatable bonds is 5. The third-order valence-corrected chi connectivity index (χ3v) is 6.69. The predicted octanol–water partition coefficient (Wildman–Crippen LogP) is 2.58. The lowest BCUT2D eigenvalue weighted by atomic mass is 9.73. The van der Waals surface area contributed by atoms with Crippen molar-refractivity contribution in [3.8, 4) is 5.75 Å². The summed E-state index contributed by atoms with van der Waals surface area (Å²) in [5.74, 6) is 1.40. The Hall–Kier alpha value is -1.59. The molecule has 0 aromatic heterocycles. The zero-order chi connectivity index (χ0) is 19.2. The van der Waals surface area contributed by atoms with Crippen LogP contribution in [0.25, 0.3) is 0 Å². The second kappa shape index (κ2) is 6.78. The maximum Gasteiger partial charge on any atom is 0.225 e. The van der Waals surface area contributed by atoms with Crippen molar-refractivity contribution < 1.29 is 14.6 Å². The molecule has 3 aliphatic rings. The Morgan fingerprint density at radius 1 is 1.33 bits per heavy atom.